The zero-order valence-corrected chi connectivity index (χ0v) is 14.7. The third-order valence-corrected chi connectivity index (χ3v) is 3.65. The second kappa shape index (κ2) is 8.12. The Morgan fingerprint density at radius 2 is 1.68 bits per heavy atom. The first kappa shape index (κ1) is 18.4. The standard InChI is InChI=1S/C15H20BrNO5/c1-10-13(16)5-6-14(17-10)22-9-15(4,7-20-11(2)18)8-21-12(3)19/h5-6H,7-9H2,1-4H3. The number of pyridine rings is 1. The van der Waals surface area contributed by atoms with Crippen LogP contribution in [0.4, 0.5) is 0 Å². The van der Waals surface area contributed by atoms with Crippen LogP contribution in [0.2, 0.25) is 0 Å². The van der Waals surface area contributed by atoms with Crippen LogP contribution in [-0.4, -0.2) is 36.7 Å². The molecule has 0 fully saturated rings. The molecule has 1 aromatic rings. The van der Waals surface area contributed by atoms with Crippen LogP contribution >= 0.6 is 15.9 Å². The Morgan fingerprint density at radius 3 is 2.14 bits per heavy atom. The fraction of sp³-hybridized carbons (Fsp3) is 0.533. The molecule has 6 nitrogen and oxygen atoms in total. The van der Waals surface area contributed by atoms with E-state index in [4.69, 9.17) is 14.2 Å². The van der Waals surface area contributed by atoms with E-state index >= 15 is 0 Å². The largest absolute Gasteiger partial charge is 0.477 e. The molecule has 0 spiro atoms. The van der Waals surface area contributed by atoms with Gasteiger partial charge in [-0.15, -0.1) is 0 Å². The molecule has 0 atom stereocenters. The van der Waals surface area contributed by atoms with Crippen molar-refractivity contribution in [1.29, 1.82) is 0 Å². The maximum Gasteiger partial charge on any atom is 0.302 e. The summed E-state index contributed by atoms with van der Waals surface area (Å²) in [5.41, 5.74) is 0.152. The van der Waals surface area contributed by atoms with Gasteiger partial charge in [-0.25, -0.2) is 4.98 Å². The van der Waals surface area contributed by atoms with Gasteiger partial charge in [-0.3, -0.25) is 9.59 Å². The minimum atomic E-state index is -0.653. The van der Waals surface area contributed by atoms with E-state index in [9.17, 15) is 9.59 Å². The Bertz CT molecular complexity index is 529. The quantitative estimate of drug-likeness (QED) is 0.684. The highest BCUT2D eigenvalue weighted by molar-refractivity contribution is 9.10. The molecular formula is C15H20BrNO5. The predicted molar refractivity (Wildman–Crippen MR) is 83.5 cm³/mol. The van der Waals surface area contributed by atoms with Gasteiger partial charge in [0.15, 0.2) is 0 Å². The van der Waals surface area contributed by atoms with E-state index in [0.717, 1.165) is 10.2 Å². The number of aromatic nitrogens is 1. The summed E-state index contributed by atoms with van der Waals surface area (Å²) < 4.78 is 16.6. The zero-order valence-electron chi connectivity index (χ0n) is 13.1. The SMILES string of the molecule is CC(=O)OCC(C)(COC(C)=O)COc1ccc(Br)c(C)n1. The van der Waals surface area contributed by atoms with Crippen LogP contribution < -0.4 is 4.74 Å². The number of ether oxygens (including phenoxy) is 3. The van der Waals surface area contributed by atoms with Crippen molar-refractivity contribution in [1.82, 2.24) is 4.98 Å². The molecule has 0 aliphatic carbocycles. The second-order valence-electron chi connectivity index (χ2n) is 5.38. The molecule has 1 heterocycles. The van der Waals surface area contributed by atoms with Gasteiger partial charge in [-0.05, 0) is 35.8 Å². The van der Waals surface area contributed by atoms with Crippen molar-refractivity contribution in [3.05, 3.63) is 22.3 Å². The number of esters is 2. The van der Waals surface area contributed by atoms with Crippen LogP contribution in [0.15, 0.2) is 16.6 Å². The van der Waals surface area contributed by atoms with Crippen LogP contribution in [0.5, 0.6) is 5.88 Å². The Hall–Kier alpha value is -1.63. The fourth-order valence-corrected chi connectivity index (χ4v) is 1.75. The van der Waals surface area contributed by atoms with Gasteiger partial charge < -0.3 is 14.2 Å². The number of hydrogen-bond acceptors (Lipinski definition) is 6. The van der Waals surface area contributed by atoms with Gasteiger partial charge in [-0.2, -0.15) is 0 Å². The van der Waals surface area contributed by atoms with Crippen molar-refractivity contribution in [3.63, 3.8) is 0 Å². The lowest BCUT2D eigenvalue weighted by molar-refractivity contribution is -0.152. The molecule has 0 N–H and O–H groups in total. The monoisotopic (exact) mass is 373 g/mol. The van der Waals surface area contributed by atoms with E-state index in [0.29, 0.717) is 5.88 Å². The van der Waals surface area contributed by atoms with Gasteiger partial charge >= 0.3 is 11.9 Å². The summed E-state index contributed by atoms with van der Waals surface area (Å²) in [5, 5.41) is 0. The van der Waals surface area contributed by atoms with E-state index in [-0.39, 0.29) is 19.8 Å². The van der Waals surface area contributed by atoms with Crippen molar-refractivity contribution in [2.45, 2.75) is 27.7 Å². The number of hydrogen-bond donors (Lipinski definition) is 0. The third kappa shape index (κ3) is 6.43. The van der Waals surface area contributed by atoms with Gasteiger partial charge in [0.2, 0.25) is 5.88 Å². The molecule has 0 amide bonds. The smallest absolute Gasteiger partial charge is 0.302 e. The molecular weight excluding hydrogens is 354 g/mol. The number of carbonyl (C=O) groups is 2. The molecule has 0 radical (unpaired) electrons. The Kier molecular flexibility index (Phi) is 6.80. The average Bonchev–Trinajstić information content (AvgIpc) is 2.45. The van der Waals surface area contributed by atoms with E-state index < -0.39 is 17.4 Å². The van der Waals surface area contributed by atoms with Crippen molar-refractivity contribution in [3.8, 4) is 5.88 Å². The summed E-state index contributed by atoms with van der Waals surface area (Å²) in [4.78, 5) is 26.3. The summed E-state index contributed by atoms with van der Waals surface area (Å²) in [6.07, 6.45) is 0. The average molecular weight is 374 g/mol. The topological polar surface area (TPSA) is 74.7 Å². The van der Waals surface area contributed by atoms with Gasteiger partial charge in [0.25, 0.3) is 0 Å². The van der Waals surface area contributed by atoms with Gasteiger partial charge in [0, 0.05) is 24.4 Å². The minimum absolute atomic E-state index is 0.0884. The third-order valence-electron chi connectivity index (χ3n) is 2.81. The predicted octanol–water partition coefficient (Wildman–Crippen LogP) is 2.66. The van der Waals surface area contributed by atoms with Crippen molar-refractivity contribution in [2.75, 3.05) is 19.8 Å². The van der Waals surface area contributed by atoms with E-state index in [1.54, 1.807) is 6.07 Å². The van der Waals surface area contributed by atoms with Crippen molar-refractivity contribution in [2.24, 2.45) is 5.41 Å². The Balaban J connectivity index is 2.71. The number of rotatable bonds is 7. The molecule has 1 aromatic heterocycles. The molecule has 0 bridgehead atoms. The molecule has 0 saturated heterocycles. The maximum atomic E-state index is 11.0. The molecule has 0 saturated carbocycles. The Labute approximate surface area is 138 Å². The highest BCUT2D eigenvalue weighted by atomic mass is 79.9. The summed E-state index contributed by atoms with van der Waals surface area (Å²) in [6, 6.07) is 3.57. The Morgan fingerprint density at radius 1 is 1.14 bits per heavy atom. The second-order valence-corrected chi connectivity index (χ2v) is 6.23. The van der Waals surface area contributed by atoms with E-state index in [2.05, 4.69) is 20.9 Å². The van der Waals surface area contributed by atoms with Gasteiger partial charge in [-0.1, -0.05) is 0 Å². The normalized spacial score (nSPS) is 11.0. The molecule has 22 heavy (non-hydrogen) atoms. The first-order chi connectivity index (χ1) is 10.2. The lowest BCUT2D eigenvalue weighted by Crippen LogP contribution is -2.36. The van der Waals surface area contributed by atoms with Crippen LogP contribution in [0.25, 0.3) is 0 Å². The van der Waals surface area contributed by atoms with Crippen LogP contribution in [0.1, 0.15) is 26.5 Å². The lowest BCUT2D eigenvalue weighted by atomic mass is 9.94. The molecule has 1 rings (SSSR count). The first-order valence-electron chi connectivity index (χ1n) is 6.74. The van der Waals surface area contributed by atoms with Crippen molar-refractivity contribution >= 4 is 27.9 Å². The molecule has 122 valence electrons. The number of aryl methyl sites for hydroxylation is 1. The number of carbonyl (C=O) groups excluding carboxylic acids is 2. The summed E-state index contributed by atoms with van der Waals surface area (Å²) in [7, 11) is 0. The van der Waals surface area contributed by atoms with Crippen LogP contribution in [0, 0.1) is 12.3 Å². The highest BCUT2D eigenvalue weighted by Crippen LogP contribution is 2.22. The van der Waals surface area contributed by atoms with Gasteiger partial charge in [0.1, 0.15) is 19.8 Å². The maximum absolute atomic E-state index is 11.0. The zero-order chi connectivity index (χ0) is 16.8. The van der Waals surface area contributed by atoms with Crippen LogP contribution in [-0.2, 0) is 19.1 Å². The molecule has 0 aromatic carbocycles. The number of nitrogens with zero attached hydrogens (tertiary/aromatic N) is 1. The molecule has 0 aliphatic rings. The minimum Gasteiger partial charge on any atom is -0.477 e. The summed E-state index contributed by atoms with van der Waals surface area (Å²) >= 11 is 3.37. The molecule has 0 unspecified atom stereocenters. The lowest BCUT2D eigenvalue weighted by Gasteiger charge is -2.27. The summed E-state index contributed by atoms with van der Waals surface area (Å²) in [5.74, 6) is -0.337. The van der Waals surface area contributed by atoms with E-state index in [1.165, 1.54) is 13.8 Å². The molecule has 0 aliphatic heterocycles. The summed E-state index contributed by atoms with van der Waals surface area (Å²) in [6.45, 7) is 6.69. The van der Waals surface area contributed by atoms with Crippen LogP contribution in [0.3, 0.4) is 0 Å². The first-order valence-corrected chi connectivity index (χ1v) is 7.54. The molecule has 7 heteroatoms. The van der Waals surface area contributed by atoms with Gasteiger partial charge in [0.05, 0.1) is 11.1 Å². The van der Waals surface area contributed by atoms with E-state index in [1.807, 2.05) is 19.9 Å². The fourth-order valence-electron chi connectivity index (χ4n) is 1.53. The number of halogens is 1. The highest BCUT2D eigenvalue weighted by Gasteiger charge is 2.29. The van der Waals surface area contributed by atoms with Crippen molar-refractivity contribution < 1.29 is 23.8 Å².